The molecule has 0 fully saturated rings. The van der Waals surface area contributed by atoms with E-state index in [0.717, 1.165) is 0 Å². The van der Waals surface area contributed by atoms with Crippen molar-refractivity contribution in [3.05, 3.63) is 10.4 Å². The summed E-state index contributed by atoms with van der Waals surface area (Å²) in [6, 6.07) is 0. The van der Waals surface area contributed by atoms with Gasteiger partial charge in [0.1, 0.15) is 0 Å². The van der Waals surface area contributed by atoms with Crippen LogP contribution in [0.4, 0.5) is 0 Å². The van der Waals surface area contributed by atoms with Gasteiger partial charge < -0.3 is 15.9 Å². The van der Waals surface area contributed by atoms with E-state index in [2.05, 4.69) is 0 Å². The average Bonchev–Trinajstić information content (AvgIpc) is 1.37. The van der Waals surface area contributed by atoms with Crippen molar-refractivity contribution in [2.24, 2.45) is 10.6 Å². The van der Waals surface area contributed by atoms with E-state index >= 15 is 0 Å². The molecule has 0 rings (SSSR count). The summed E-state index contributed by atoms with van der Waals surface area (Å²) < 4.78 is 0. The molecule has 0 aromatic heterocycles. The van der Waals surface area contributed by atoms with Gasteiger partial charge in [-0.15, -0.1) is 0 Å². The first-order valence-corrected chi connectivity index (χ1v) is 0.565. The van der Waals surface area contributed by atoms with Crippen LogP contribution in [0.3, 0.4) is 0 Å². The molecule has 0 atom stereocenters. The molecule has 0 heterocycles. The quantitative estimate of drug-likeness (QED) is 0.182. The predicted octanol–water partition coefficient (Wildman–Crippen LogP) is -6.38. The Hall–Kier alpha value is 1.16. The summed E-state index contributed by atoms with van der Waals surface area (Å²) in [7, 11) is 0. The third-order valence-corrected chi connectivity index (χ3v) is 0.0333. The molecular formula is H2N2Na2O3. The summed E-state index contributed by atoms with van der Waals surface area (Å²) >= 11 is 0. The van der Waals surface area contributed by atoms with Crippen molar-refractivity contribution >= 4 is 0 Å². The zero-order chi connectivity index (χ0) is 3.41. The van der Waals surface area contributed by atoms with Crippen LogP contribution < -0.4 is 59.1 Å². The summed E-state index contributed by atoms with van der Waals surface area (Å²) in [5, 5.41) is 20.0. The van der Waals surface area contributed by atoms with E-state index < -0.39 is 0 Å². The van der Waals surface area contributed by atoms with E-state index in [0.29, 0.717) is 0 Å². The first-order chi connectivity index (χ1) is 1.91. The van der Waals surface area contributed by atoms with Gasteiger partial charge in [-0.2, -0.15) is 0 Å². The molecule has 0 spiro atoms. The Morgan fingerprint density at radius 1 is 0.857 bits per heavy atom. The van der Waals surface area contributed by atoms with Gasteiger partial charge >= 0.3 is 59.1 Å². The van der Waals surface area contributed by atoms with E-state index in [4.69, 9.17) is 10.4 Å². The van der Waals surface area contributed by atoms with Crippen LogP contribution in [-0.4, -0.2) is 5.48 Å². The molecular weight excluding hydrogens is 122 g/mol. The van der Waals surface area contributed by atoms with Crippen molar-refractivity contribution in [3.63, 3.8) is 0 Å². The number of rotatable bonds is 0. The maximum atomic E-state index is 8.44. The predicted molar refractivity (Wildman–Crippen MR) is 15.2 cm³/mol. The number of hydrogen-bond donors (Lipinski definition) is 0. The van der Waals surface area contributed by atoms with Gasteiger partial charge in [-0.1, -0.05) is 0 Å². The molecule has 5 nitrogen and oxygen atoms in total. The van der Waals surface area contributed by atoms with Crippen molar-refractivity contribution in [2.75, 3.05) is 0 Å². The van der Waals surface area contributed by atoms with Gasteiger partial charge in [0.05, 0.1) is 0 Å². The van der Waals surface area contributed by atoms with Gasteiger partial charge in [-0.05, 0) is 0 Å². The van der Waals surface area contributed by atoms with Crippen molar-refractivity contribution in [1.29, 1.82) is 0 Å². The van der Waals surface area contributed by atoms with Crippen LogP contribution in [0.2, 0.25) is 0 Å². The smallest absolute Gasteiger partial charge is 0.775 e. The minimum Gasteiger partial charge on any atom is -0.775 e. The fourth-order valence-corrected chi connectivity index (χ4v) is 0. The van der Waals surface area contributed by atoms with E-state index in [9.17, 15) is 0 Å². The molecule has 7 heteroatoms. The molecule has 0 saturated carbocycles. The first kappa shape index (κ1) is 24.2. The summed E-state index contributed by atoms with van der Waals surface area (Å²) in [5.74, 6) is 0. The van der Waals surface area contributed by atoms with Crippen LogP contribution >= 0.6 is 0 Å². The minimum atomic E-state index is 0. The standard InChI is InChI=1S/H2N2O2.2Na.H2O/c3-1-2-4;;;/h(H,1,4)(H,2,3);;;1H2/q;2*+1;/p-2. The molecule has 7 heavy (non-hydrogen) atoms. The van der Waals surface area contributed by atoms with Gasteiger partial charge in [-0.25, -0.2) is 10.6 Å². The zero-order valence-corrected chi connectivity index (χ0v) is 8.21. The molecule has 0 aromatic rings. The Morgan fingerprint density at radius 3 is 1.00 bits per heavy atom. The van der Waals surface area contributed by atoms with Crippen LogP contribution in [0.15, 0.2) is 10.6 Å². The summed E-state index contributed by atoms with van der Waals surface area (Å²) in [5.41, 5.74) is 0. The summed E-state index contributed by atoms with van der Waals surface area (Å²) in [6.07, 6.45) is 0. The van der Waals surface area contributed by atoms with E-state index in [1.165, 1.54) is 0 Å². The van der Waals surface area contributed by atoms with Crippen molar-refractivity contribution in [2.45, 2.75) is 0 Å². The summed E-state index contributed by atoms with van der Waals surface area (Å²) in [4.78, 5) is 0. The van der Waals surface area contributed by atoms with Crippen molar-refractivity contribution < 1.29 is 64.6 Å². The van der Waals surface area contributed by atoms with Crippen LogP contribution in [0.25, 0.3) is 0 Å². The average molecular weight is 124 g/mol. The molecule has 0 saturated heterocycles. The topological polar surface area (TPSA) is 102 Å². The summed E-state index contributed by atoms with van der Waals surface area (Å²) in [6.45, 7) is 0. The molecule has 2 N–H and O–H groups in total. The molecule has 0 amide bonds. The number of nitrogens with zero attached hydrogens (tertiary/aromatic N) is 2. The molecule has 32 valence electrons. The molecule has 0 radical (unpaired) electrons. The molecule has 0 aliphatic rings. The fraction of sp³-hybridized carbons (Fsp3) is 0. The zero-order valence-electron chi connectivity index (χ0n) is 4.21. The second-order valence-corrected chi connectivity index (χ2v) is 0.163. The van der Waals surface area contributed by atoms with Gasteiger partial charge in [0.15, 0.2) is 0 Å². The SMILES string of the molecule is O.[Na+].[Na+].[O-]N=N[O-]. The van der Waals surface area contributed by atoms with Crippen molar-refractivity contribution in [1.82, 2.24) is 0 Å². The van der Waals surface area contributed by atoms with Gasteiger partial charge in [-0.3, -0.25) is 0 Å². The minimum absolute atomic E-state index is 0. The van der Waals surface area contributed by atoms with Crippen LogP contribution in [-0.2, 0) is 0 Å². The normalized spacial score (nSPS) is 5.14. The first-order valence-electron chi connectivity index (χ1n) is 0.565. The molecule has 0 bridgehead atoms. The largest absolute Gasteiger partial charge is 1.00 e. The number of hydrogen-bond acceptors (Lipinski definition) is 4. The Bertz CT molecular complexity index is 26.1. The second-order valence-electron chi connectivity index (χ2n) is 0.163. The third kappa shape index (κ3) is 40.9. The molecule has 0 aliphatic carbocycles. The van der Waals surface area contributed by atoms with Gasteiger partial charge in [0.2, 0.25) is 0 Å². The Kier molecular flexibility index (Phi) is 94.0. The fourth-order valence-electron chi connectivity index (χ4n) is 0. The van der Waals surface area contributed by atoms with Gasteiger partial charge in [0.25, 0.3) is 0 Å². The van der Waals surface area contributed by atoms with Crippen LogP contribution in [0, 0.1) is 10.4 Å². The Labute approximate surface area is 84.6 Å². The molecule has 0 aromatic carbocycles. The van der Waals surface area contributed by atoms with Crippen molar-refractivity contribution in [3.8, 4) is 0 Å². The van der Waals surface area contributed by atoms with E-state index in [-0.39, 0.29) is 64.6 Å². The van der Waals surface area contributed by atoms with Crippen LogP contribution in [0.5, 0.6) is 0 Å². The maximum Gasteiger partial charge on any atom is 1.00 e. The van der Waals surface area contributed by atoms with Gasteiger partial charge in [0, 0.05) is 0 Å². The van der Waals surface area contributed by atoms with Crippen LogP contribution in [0.1, 0.15) is 0 Å². The molecule has 0 unspecified atom stereocenters. The van der Waals surface area contributed by atoms with E-state index in [1.54, 1.807) is 10.6 Å². The molecule has 0 aliphatic heterocycles. The monoisotopic (exact) mass is 124 g/mol. The second kappa shape index (κ2) is 27.2. The van der Waals surface area contributed by atoms with E-state index in [1.807, 2.05) is 0 Å². The third-order valence-electron chi connectivity index (χ3n) is 0.0333. The Morgan fingerprint density at radius 2 is 1.00 bits per heavy atom. The maximum absolute atomic E-state index is 8.44. The Balaban J connectivity index is -0.0000000150.